The molecule has 0 spiro atoms. The third-order valence-electron chi connectivity index (χ3n) is 0.640. The van der Waals surface area contributed by atoms with E-state index in [-0.39, 0.29) is 5.78 Å². The van der Waals surface area contributed by atoms with Gasteiger partial charge in [0.15, 0.2) is 5.78 Å². The summed E-state index contributed by atoms with van der Waals surface area (Å²) in [5, 5.41) is 2.73. The standard InChI is InChI=1S/C7H9NO/c1-3-5-8-6-4-7(2)9/h1,4,6,8H,5H2,2H3/b6-4+. The van der Waals surface area contributed by atoms with Crippen LogP contribution < -0.4 is 5.32 Å². The van der Waals surface area contributed by atoms with Gasteiger partial charge in [-0.25, -0.2) is 0 Å². The highest BCUT2D eigenvalue weighted by atomic mass is 16.1. The maximum atomic E-state index is 10.2. The number of hydrogen-bond acceptors (Lipinski definition) is 2. The maximum Gasteiger partial charge on any atom is 0.154 e. The summed E-state index contributed by atoms with van der Waals surface area (Å²) in [6.45, 7) is 1.94. The van der Waals surface area contributed by atoms with Gasteiger partial charge in [-0.2, -0.15) is 0 Å². The van der Waals surface area contributed by atoms with Crippen LogP contribution in [0.5, 0.6) is 0 Å². The molecular weight excluding hydrogens is 114 g/mol. The first-order valence-electron chi connectivity index (χ1n) is 2.61. The quantitative estimate of drug-likeness (QED) is 0.332. The Labute approximate surface area is 54.9 Å². The lowest BCUT2D eigenvalue weighted by Crippen LogP contribution is -2.04. The molecule has 0 unspecified atom stereocenters. The molecule has 0 atom stereocenters. The molecular formula is C7H9NO. The van der Waals surface area contributed by atoms with Crippen LogP contribution >= 0.6 is 0 Å². The van der Waals surface area contributed by atoms with E-state index < -0.39 is 0 Å². The Bertz CT molecular complexity index is 153. The zero-order chi connectivity index (χ0) is 7.11. The first kappa shape index (κ1) is 7.77. The lowest BCUT2D eigenvalue weighted by molar-refractivity contribution is -0.112. The molecule has 0 aromatic carbocycles. The Morgan fingerprint density at radius 3 is 3.00 bits per heavy atom. The van der Waals surface area contributed by atoms with Crippen molar-refractivity contribution in [2.75, 3.05) is 6.54 Å². The van der Waals surface area contributed by atoms with Crippen LogP contribution in [-0.4, -0.2) is 12.3 Å². The van der Waals surface area contributed by atoms with Crippen LogP contribution in [-0.2, 0) is 4.79 Å². The predicted octanol–water partition coefficient (Wildman–Crippen LogP) is 0.312. The Hall–Kier alpha value is -1.23. The third kappa shape index (κ3) is 6.77. The first-order chi connectivity index (χ1) is 4.27. The molecule has 0 aromatic heterocycles. The van der Waals surface area contributed by atoms with Crippen LogP contribution in [0.15, 0.2) is 12.3 Å². The average molecular weight is 123 g/mol. The molecule has 0 heterocycles. The number of hydrogen-bond donors (Lipinski definition) is 1. The summed E-state index contributed by atoms with van der Waals surface area (Å²) in [5.41, 5.74) is 0. The molecule has 0 rings (SSSR count). The number of nitrogens with one attached hydrogen (secondary N) is 1. The van der Waals surface area contributed by atoms with Gasteiger partial charge in [0.2, 0.25) is 0 Å². The number of rotatable bonds is 3. The van der Waals surface area contributed by atoms with E-state index >= 15 is 0 Å². The van der Waals surface area contributed by atoms with Crippen molar-refractivity contribution in [1.29, 1.82) is 0 Å². The van der Waals surface area contributed by atoms with Crippen molar-refractivity contribution in [3.8, 4) is 12.3 Å². The molecule has 9 heavy (non-hydrogen) atoms. The van der Waals surface area contributed by atoms with Crippen LogP contribution in [0.3, 0.4) is 0 Å². The number of terminal acetylenes is 1. The molecule has 0 radical (unpaired) electrons. The molecule has 0 fully saturated rings. The van der Waals surface area contributed by atoms with Crippen LogP contribution in [0, 0.1) is 12.3 Å². The summed E-state index contributed by atoms with van der Waals surface area (Å²) in [4.78, 5) is 10.2. The van der Waals surface area contributed by atoms with Crippen molar-refractivity contribution in [1.82, 2.24) is 5.32 Å². The van der Waals surface area contributed by atoms with Gasteiger partial charge in [-0.3, -0.25) is 4.79 Å². The van der Waals surface area contributed by atoms with Gasteiger partial charge in [0.05, 0.1) is 6.54 Å². The lowest BCUT2D eigenvalue weighted by Gasteiger charge is -1.87. The zero-order valence-corrected chi connectivity index (χ0v) is 5.35. The molecule has 2 heteroatoms. The summed E-state index contributed by atoms with van der Waals surface area (Å²) in [6.07, 6.45) is 7.89. The maximum absolute atomic E-state index is 10.2. The molecule has 0 saturated carbocycles. The number of carbonyl (C=O) groups excluding carboxylic acids is 1. The highest BCUT2D eigenvalue weighted by Crippen LogP contribution is 1.69. The van der Waals surface area contributed by atoms with Crippen LogP contribution in [0.25, 0.3) is 0 Å². The van der Waals surface area contributed by atoms with Crippen molar-refractivity contribution in [3.05, 3.63) is 12.3 Å². The van der Waals surface area contributed by atoms with Gasteiger partial charge in [-0.1, -0.05) is 5.92 Å². The first-order valence-corrected chi connectivity index (χ1v) is 2.61. The number of carbonyl (C=O) groups is 1. The van der Waals surface area contributed by atoms with Crippen molar-refractivity contribution in [2.24, 2.45) is 0 Å². The van der Waals surface area contributed by atoms with E-state index in [0.29, 0.717) is 6.54 Å². The number of allylic oxidation sites excluding steroid dienone is 1. The van der Waals surface area contributed by atoms with E-state index in [4.69, 9.17) is 6.42 Å². The van der Waals surface area contributed by atoms with Crippen LogP contribution in [0.4, 0.5) is 0 Å². The molecule has 48 valence electrons. The fraction of sp³-hybridized carbons (Fsp3) is 0.286. The predicted molar refractivity (Wildman–Crippen MR) is 36.7 cm³/mol. The Kier molecular flexibility index (Phi) is 4.25. The minimum absolute atomic E-state index is 0.0134. The molecule has 0 aromatic rings. The minimum Gasteiger partial charge on any atom is -0.380 e. The van der Waals surface area contributed by atoms with Gasteiger partial charge in [0, 0.05) is 6.20 Å². The molecule has 0 bridgehead atoms. The van der Waals surface area contributed by atoms with Crippen molar-refractivity contribution < 1.29 is 4.79 Å². The highest BCUT2D eigenvalue weighted by molar-refractivity contribution is 5.87. The second-order valence-corrected chi connectivity index (χ2v) is 1.53. The summed E-state index contributed by atoms with van der Waals surface area (Å²) in [5.74, 6) is 2.38. The highest BCUT2D eigenvalue weighted by Gasteiger charge is 1.77. The zero-order valence-electron chi connectivity index (χ0n) is 5.35. The normalized spacial score (nSPS) is 8.89. The third-order valence-corrected chi connectivity index (χ3v) is 0.640. The Morgan fingerprint density at radius 1 is 1.89 bits per heavy atom. The summed E-state index contributed by atoms with van der Waals surface area (Å²) < 4.78 is 0. The van der Waals surface area contributed by atoms with Gasteiger partial charge >= 0.3 is 0 Å². The monoisotopic (exact) mass is 123 g/mol. The van der Waals surface area contributed by atoms with Crippen molar-refractivity contribution in [2.45, 2.75) is 6.92 Å². The second-order valence-electron chi connectivity index (χ2n) is 1.53. The average Bonchev–Trinajstić information content (AvgIpc) is 1.80. The van der Waals surface area contributed by atoms with E-state index in [0.717, 1.165) is 0 Å². The SMILES string of the molecule is C#CCN/C=C/C(C)=O. The van der Waals surface area contributed by atoms with Crippen LogP contribution in [0.2, 0.25) is 0 Å². The molecule has 0 aliphatic carbocycles. The van der Waals surface area contributed by atoms with Crippen LogP contribution in [0.1, 0.15) is 6.92 Å². The second kappa shape index (κ2) is 4.92. The molecule has 1 N–H and O–H groups in total. The van der Waals surface area contributed by atoms with Gasteiger partial charge in [-0.15, -0.1) is 6.42 Å². The van der Waals surface area contributed by atoms with Gasteiger partial charge in [-0.05, 0) is 13.0 Å². The fourth-order valence-corrected chi connectivity index (χ4v) is 0.294. The Morgan fingerprint density at radius 2 is 2.56 bits per heavy atom. The summed E-state index contributed by atoms with van der Waals surface area (Å²) >= 11 is 0. The number of ketones is 1. The molecule has 2 nitrogen and oxygen atoms in total. The van der Waals surface area contributed by atoms with Crippen molar-refractivity contribution >= 4 is 5.78 Å². The molecule has 0 amide bonds. The molecule has 0 aliphatic heterocycles. The fourth-order valence-electron chi connectivity index (χ4n) is 0.294. The molecule has 0 aliphatic rings. The lowest BCUT2D eigenvalue weighted by atomic mass is 10.4. The van der Waals surface area contributed by atoms with E-state index in [2.05, 4.69) is 11.2 Å². The van der Waals surface area contributed by atoms with E-state index in [9.17, 15) is 4.79 Å². The van der Waals surface area contributed by atoms with Gasteiger partial charge in [0.25, 0.3) is 0 Å². The topological polar surface area (TPSA) is 29.1 Å². The van der Waals surface area contributed by atoms with Gasteiger partial charge in [0.1, 0.15) is 0 Å². The Balaban J connectivity index is 3.28. The molecule has 0 saturated heterocycles. The smallest absolute Gasteiger partial charge is 0.154 e. The van der Waals surface area contributed by atoms with E-state index in [1.807, 2.05) is 0 Å². The summed E-state index contributed by atoms with van der Waals surface area (Å²) in [7, 11) is 0. The van der Waals surface area contributed by atoms with Crippen molar-refractivity contribution in [3.63, 3.8) is 0 Å². The van der Waals surface area contributed by atoms with Gasteiger partial charge < -0.3 is 5.32 Å². The minimum atomic E-state index is 0.0134. The van der Waals surface area contributed by atoms with E-state index in [1.54, 1.807) is 6.20 Å². The summed E-state index contributed by atoms with van der Waals surface area (Å²) in [6, 6.07) is 0. The van der Waals surface area contributed by atoms with E-state index in [1.165, 1.54) is 13.0 Å². The largest absolute Gasteiger partial charge is 0.380 e.